The lowest BCUT2D eigenvalue weighted by Crippen LogP contribution is -2.46. The lowest BCUT2D eigenvalue weighted by atomic mass is 9.95. The number of benzene rings is 1. The van der Waals surface area contributed by atoms with E-state index in [4.69, 9.17) is 5.73 Å². The molecule has 0 spiro atoms. The number of fused-ring (bicyclic) bond motifs is 1. The summed E-state index contributed by atoms with van der Waals surface area (Å²) in [4.78, 5) is 25.5. The molecule has 1 atom stereocenters. The van der Waals surface area contributed by atoms with Crippen LogP contribution < -0.4 is 10.6 Å². The number of carboxylic acid groups (broad SMARTS) is 1. The highest BCUT2D eigenvalue weighted by Crippen LogP contribution is 2.30. The zero-order chi connectivity index (χ0) is 15.6. The largest absolute Gasteiger partial charge is 0.478 e. The van der Waals surface area contributed by atoms with Crippen molar-refractivity contribution in [2.24, 2.45) is 11.7 Å². The average Bonchev–Trinajstić information content (AvgIpc) is 2.44. The van der Waals surface area contributed by atoms with E-state index in [1.54, 1.807) is 23.1 Å². The molecule has 0 unspecified atom stereocenters. The van der Waals surface area contributed by atoms with Crippen LogP contribution in [0.2, 0.25) is 0 Å². The molecular formula is C16H22N2O3. The minimum absolute atomic E-state index is 0.118. The number of amides is 1. The molecule has 2 rings (SSSR count). The smallest absolute Gasteiger partial charge is 0.336 e. The molecule has 5 nitrogen and oxygen atoms in total. The first-order valence-corrected chi connectivity index (χ1v) is 7.34. The van der Waals surface area contributed by atoms with Gasteiger partial charge in [0.25, 0.3) is 0 Å². The Kier molecular flexibility index (Phi) is 4.63. The van der Waals surface area contributed by atoms with Crippen LogP contribution in [0.5, 0.6) is 0 Å². The monoisotopic (exact) mass is 290 g/mol. The van der Waals surface area contributed by atoms with Crippen molar-refractivity contribution in [1.82, 2.24) is 0 Å². The van der Waals surface area contributed by atoms with Crippen LogP contribution in [0.15, 0.2) is 18.2 Å². The van der Waals surface area contributed by atoms with Crippen LogP contribution in [0.3, 0.4) is 0 Å². The van der Waals surface area contributed by atoms with Crippen LogP contribution in [-0.2, 0) is 11.2 Å². The fourth-order valence-corrected chi connectivity index (χ4v) is 2.86. The van der Waals surface area contributed by atoms with Crippen molar-refractivity contribution < 1.29 is 14.7 Å². The fourth-order valence-electron chi connectivity index (χ4n) is 2.86. The summed E-state index contributed by atoms with van der Waals surface area (Å²) < 4.78 is 0. The van der Waals surface area contributed by atoms with Crippen molar-refractivity contribution >= 4 is 17.6 Å². The Hall–Kier alpha value is -1.88. The highest BCUT2D eigenvalue weighted by atomic mass is 16.4. The summed E-state index contributed by atoms with van der Waals surface area (Å²) in [6.07, 6.45) is 2.07. The van der Waals surface area contributed by atoms with E-state index in [0.717, 1.165) is 12.0 Å². The van der Waals surface area contributed by atoms with Gasteiger partial charge < -0.3 is 15.7 Å². The number of nitrogens with two attached hydrogens (primary N) is 1. The number of carbonyl (C=O) groups is 2. The van der Waals surface area contributed by atoms with Crippen LogP contribution in [0.4, 0.5) is 5.69 Å². The highest BCUT2D eigenvalue weighted by molar-refractivity contribution is 6.00. The molecule has 1 amide bonds. The number of nitrogens with zero attached hydrogens (tertiary/aromatic N) is 1. The van der Waals surface area contributed by atoms with Gasteiger partial charge in [0.1, 0.15) is 0 Å². The van der Waals surface area contributed by atoms with Gasteiger partial charge in [0.05, 0.1) is 11.6 Å². The molecule has 1 aromatic rings. The molecule has 1 aromatic carbocycles. The van der Waals surface area contributed by atoms with Gasteiger partial charge in [-0.05, 0) is 42.9 Å². The summed E-state index contributed by atoms with van der Waals surface area (Å²) in [5, 5.41) is 9.27. The molecule has 0 aliphatic carbocycles. The molecule has 0 fully saturated rings. The summed E-state index contributed by atoms with van der Waals surface area (Å²) in [5.74, 6) is -0.724. The quantitative estimate of drug-likeness (QED) is 0.888. The van der Waals surface area contributed by atoms with E-state index in [0.29, 0.717) is 31.0 Å². The summed E-state index contributed by atoms with van der Waals surface area (Å²) in [6.45, 7) is 4.65. The molecule has 21 heavy (non-hydrogen) atoms. The number of carbonyl (C=O) groups excluding carboxylic acids is 1. The second-order valence-electron chi connectivity index (χ2n) is 5.94. The molecule has 3 N–H and O–H groups in total. The van der Waals surface area contributed by atoms with Crippen molar-refractivity contribution in [2.75, 3.05) is 11.4 Å². The number of hydrogen-bond acceptors (Lipinski definition) is 3. The van der Waals surface area contributed by atoms with Crippen LogP contribution >= 0.6 is 0 Å². The minimum atomic E-state index is -0.951. The topological polar surface area (TPSA) is 83.6 Å². The average molecular weight is 290 g/mol. The van der Waals surface area contributed by atoms with E-state index < -0.39 is 12.0 Å². The zero-order valence-electron chi connectivity index (χ0n) is 12.5. The Morgan fingerprint density at radius 1 is 1.38 bits per heavy atom. The maximum Gasteiger partial charge on any atom is 0.336 e. The Morgan fingerprint density at radius 3 is 2.71 bits per heavy atom. The van der Waals surface area contributed by atoms with Gasteiger partial charge >= 0.3 is 5.97 Å². The van der Waals surface area contributed by atoms with Crippen molar-refractivity contribution in [3.05, 3.63) is 29.3 Å². The molecule has 0 bridgehead atoms. The first kappa shape index (κ1) is 15.5. The van der Waals surface area contributed by atoms with Crippen LogP contribution in [0.25, 0.3) is 0 Å². The summed E-state index contributed by atoms with van der Waals surface area (Å²) >= 11 is 0. The van der Waals surface area contributed by atoms with Crippen molar-refractivity contribution in [2.45, 2.75) is 39.2 Å². The number of hydrogen-bond donors (Lipinski definition) is 2. The molecule has 0 saturated heterocycles. The first-order valence-electron chi connectivity index (χ1n) is 7.34. The molecule has 114 valence electrons. The first-order chi connectivity index (χ1) is 9.91. The maximum absolute atomic E-state index is 12.5. The molecule has 1 aliphatic rings. The fraction of sp³-hybridized carbons (Fsp3) is 0.500. The Bertz CT molecular complexity index is 554. The molecular weight excluding hydrogens is 268 g/mol. The number of carboxylic acids is 1. The van der Waals surface area contributed by atoms with Gasteiger partial charge in [-0.15, -0.1) is 0 Å². The van der Waals surface area contributed by atoms with Gasteiger partial charge in [-0.2, -0.15) is 0 Å². The minimum Gasteiger partial charge on any atom is -0.478 e. The van der Waals surface area contributed by atoms with Gasteiger partial charge in [-0.25, -0.2) is 4.79 Å². The van der Waals surface area contributed by atoms with Crippen LogP contribution in [0, 0.1) is 5.92 Å². The Balaban J connectivity index is 2.32. The summed E-state index contributed by atoms with van der Waals surface area (Å²) in [7, 11) is 0. The van der Waals surface area contributed by atoms with E-state index in [-0.39, 0.29) is 11.5 Å². The third kappa shape index (κ3) is 3.24. The number of rotatable bonds is 4. The predicted molar refractivity (Wildman–Crippen MR) is 81.5 cm³/mol. The van der Waals surface area contributed by atoms with Crippen molar-refractivity contribution in [3.8, 4) is 0 Å². The van der Waals surface area contributed by atoms with Gasteiger partial charge in [-0.1, -0.05) is 19.9 Å². The van der Waals surface area contributed by atoms with E-state index in [2.05, 4.69) is 0 Å². The molecule has 0 saturated carbocycles. The van der Waals surface area contributed by atoms with E-state index in [1.807, 2.05) is 13.8 Å². The third-order valence-corrected chi connectivity index (χ3v) is 3.79. The maximum atomic E-state index is 12.5. The number of aromatic carboxylic acids is 1. The lowest BCUT2D eigenvalue weighted by Gasteiger charge is -2.32. The summed E-state index contributed by atoms with van der Waals surface area (Å²) in [6, 6.07) is 4.54. The highest BCUT2D eigenvalue weighted by Gasteiger charge is 2.29. The lowest BCUT2D eigenvalue weighted by molar-refractivity contribution is -0.120. The van der Waals surface area contributed by atoms with Crippen LogP contribution in [-0.4, -0.2) is 29.6 Å². The molecule has 1 heterocycles. The second-order valence-corrected chi connectivity index (χ2v) is 5.94. The van der Waals surface area contributed by atoms with E-state index >= 15 is 0 Å². The third-order valence-electron chi connectivity index (χ3n) is 3.79. The Morgan fingerprint density at radius 2 is 2.10 bits per heavy atom. The van der Waals surface area contributed by atoms with Gasteiger partial charge in [-0.3, -0.25) is 4.79 Å². The number of anilines is 1. The van der Waals surface area contributed by atoms with Gasteiger partial charge in [0, 0.05) is 12.2 Å². The SMILES string of the molecule is CC(C)C[C@@H](N)C(=O)N1CCCc2c(C(=O)O)cccc21. The second kappa shape index (κ2) is 6.26. The standard InChI is InChI=1S/C16H22N2O3/c1-10(2)9-13(17)15(19)18-8-4-6-11-12(16(20)21)5-3-7-14(11)18/h3,5,7,10,13H,4,6,8-9,17H2,1-2H3,(H,20,21)/t13-/m1/s1. The zero-order valence-corrected chi connectivity index (χ0v) is 12.5. The normalized spacial score (nSPS) is 15.7. The molecule has 0 aromatic heterocycles. The van der Waals surface area contributed by atoms with E-state index in [9.17, 15) is 14.7 Å². The van der Waals surface area contributed by atoms with Gasteiger partial charge in [0.15, 0.2) is 0 Å². The van der Waals surface area contributed by atoms with Crippen LogP contribution in [0.1, 0.15) is 42.6 Å². The molecule has 1 aliphatic heterocycles. The Labute approximate surface area is 124 Å². The van der Waals surface area contributed by atoms with Crippen molar-refractivity contribution in [3.63, 3.8) is 0 Å². The summed E-state index contributed by atoms with van der Waals surface area (Å²) in [5.41, 5.74) is 7.71. The predicted octanol–water partition coefficient (Wildman–Crippen LogP) is 2.04. The van der Waals surface area contributed by atoms with E-state index in [1.165, 1.54) is 0 Å². The van der Waals surface area contributed by atoms with Gasteiger partial charge in [0.2, 0.25) is 5.91 Å². The molecule has 5 heteroatoms. The van der Waals surface area contributed by atoms with Crippen molar-refractivity contribution in [1.29, 1.82) is 0 Å². The molecule has 0 radical (unpaired) electrons.